The molecule has 2 N–H and O–H groups in total. The van der Waals surface area contributed by atoms with Gasteiger partial charge in [-0.3, -0.25) is 14.9 Å². The minimum Gasteiger partial charge on any atom is -0.387 e. The standard InChI is InChI=1S/C14H20N2O4S/c1-10(11-5-4-6-12(7-11)16(19)20)13(17)15-8-14(2,18)9-21-3/h4-7,10,18H,8-9H2,1-3H3,(H,15,17). The Kier molecular flexibility index (Phi) is 6.17. The topological polar surface area (TPSA) is 92.5 Å². The number of benzene rings is 1. The third-order valence-electron chi connectivity index (χ3n) is 3.07. The fraction of sp³-hybridized carbons (Fsp3) is 0.500. The summed E-state index contributed by atoms with van der Waals surface area (Å²) in [5.74, 6) is -0.273. The van der Waals surface area contributed by atoms with Crippen LogP contribution in [0.2, 0.25) is 0 Å². The lowest BCUT2D eigenvalue weighted by Crippen LogP contribution is -2.43. The molecule has 1 aromatic carbocycles. The lowest BCUT2D eigenvalue weighted by atomic mass is 9.99. The van der Waals surface area contributed by atoms with E-state index in [0.717, 1.165) is 0 Å². The van der Waals surface area contributed by atoms with E-state index >= 15 is 0 Å². The van der Waals surface area contributed by atoms with Crippen molar-refractivity contribution in [3.63, 3.8) is 0 Å². The highest BCUT2D eigenvalue weighted by molar-refractivity contribution is 7.98. The van der Waals surface area contributed by atoms with Gasteiger partial charge < -0.3 is 10.4 Å². The Hall–Kier alpha value is -1.60. The van der Waals surface area contributed by atoms with Crippen LogP contribution in [0.15, 0.2) is 24.3 Å². The van der Waals surface area contributed by atoms with Crippen LogP contribution in [0, 0.1) is 10.1 Å². The molecule has 7 heteroatoms. The van der Waals surface area contributed by atoms with E-state index in [2.05, 4.69) is 5.32 Å². The van der Waals surface area contributed by atoms with Gasteiger partial charge in [-0.05, 0) is 25.7 Å². The van der Waals surface area contributed by atoms with Crippen molar-refractivity contribution >= 4 is 23.4 Å². The molecule has 2 unspecified atom stereocenters. The first-order valence-corrected chi connectivity index (χ1v) is 7.89. The molecule has 0 bridgehead atoms. The smallest absolute Gasteiger partial charge is 0.269 e. The number of non-ortho nitro benzene ring substituents is 1. The Morgan fingerprint density at radius 1 is 1.57 bits per heavy atom. The number of aliphatic hydroxyl groups is 1. The van der Waals surface area contributed by atoms with E-state index in [1.54, 1.807) is 26.0 Å². The maximum atomic E-state index is 12.1. The molecule has 1 amide bonds. The SMILES string of the molecule is CSCC(C)(O)CNC(=O)C(C)c1cccc([N+](=O)[O-])c1. The van der Waals surface area contributed by atoms with Crippen molar-refractivity contribution in [2.45, 2.75) is 25.4 Å². The Labute approximate surface area is 128 Å². The van der Waals surface area contributed by atoms with Gasteiger partial charge >= 0.3 is 0 Å². The molecule has 1 aromatic rings. The second-order valence-corrected chi connectivity index (χ2v) is 6.09. The number of carbonyl (C=O) groups excluding carboxylic acids is 1. The highest BCUT2D eigenvalue weighted by Gasteiger charge is 2.23. The van der Waals surface area contributed by atoms with Gasteiger partial charge in [0.1, 0.15) is 0 Å². The van der Waals surface area contributed by atoms with Crippen LogP contribution in [0.5, 0.6) is 0 Å². The summed E-state index contributed by atoms with van der Waals surface area (Å²) >= 11 is 1.49. The molecule has 0 fully saturated rings. The van der Waals surface area contributed by atoms with Gasteiger partial charge in [-0.1, -0.05) is 12.1 Å². The van der Waals surface area contributed by atoms with Crippen molar-refractivity contribution in [2.75, 3.05) is 18.6 Å². The first kappa shape index (κ1) is 17.5. The third-order valence-corrected chi connectivity index (χ3v) is 3.98. The molecule has 1 rings (SSSR count). The number of nitro benzene ring substituents is 1. The Morgan fingerprint density at radius 3 is 2.81 bits per heavy atom. The molecule has 0 aliphatic heterocycles. The second-order valence-electron chi connectivity index (χ2n) is 5.22. The predicted octanol–water partition coefficient (Wildman–Crippen LogP) is 1.93. The van der Waals surface area contributed by atoms with Gasteiger partial charge in [0.05, 0.1) is 16.4 Å². The van der Waals surface area contributed by atoms with Crippen LogP contribution in [-0.2, 0) is 4.79 Å². The lowest BCUT2D eigenvalue weighted by molar-refractivity contribution is -0.384. The summed E-state index contributed by atoms with van der Waals surface area (Å²) in [5, 5.41) is 23.4. The van der Waals surface area contributed by atoms with Gasteiger partial charge in [-0.25, -0.2) is 0 Å². The molecule has 21 heavy (non-hydrogen) atoms. The zero-order valence-corrected chi connectivity index (χ0v) is 13.1. The van der Waals surface area contributed by atoms with E-state index in [4.69, 9.17) is 0 Å². The molecule has 0 aromatic heterocycles. The van der Waals surface area contributed by atoms with Crippen LogP contribution >= 0.6 is 11.8 Å². The largest absolute Gasteiger partial charge is 0.387 e. The molecule has 0 saturated heterocycles. The molecule has 6 nitrogen and oxygen atoms in total. The summed E-state index contributed by atoms with van der Waals surface area (Å²) < 4.78 is 0. The number of nitrogens with one attached hydrogen (secondary N) is 1. The Morgan fingerprint density at radius 2 is 2.24 bits per heavy atom. The highest BCUT2D eigenvalue weighted by Crippen LogP contribution is 2.21. The molecular formula is C14H20N2O4S. The number of carbonyl (C=O) groups is 1. The number of hydrogen-bond donors (Lipinski definition) is 2. The minimum absolute atomic E-state index is 0.0403. The van der Waals surface area contributed by atoms with Crippen molar-refractivity contribution in [1.82, 2.24) is 5.32 Å². The van der Waals surface area contributed by atoms with E-state index < -0.39 is 16.4 Å². The first-order chi connectivity index (χ1) is 9.76. The monoisotopic (exact) mass is 312 g/mol. The van der Waals surface area contributed by atoms with Crippen LogP contribution in [0.1, 0.15) is 25.3 Å². The molecular weight excluding hydrogens is 292 g/mol. The summed E-state index contributed by atoms with van der Waals surface area (Å²) in [6.07, 6.45) is 1.88. The summed E-state index contributed by atoms with van der Waals surface area (Å²) in [5.41, 5.74) is -0.440. The zero-order valence-electron chi connectivity index (χ0n) is 12.3. The predicted molar refractivity (Wildman–Crippen MR) is 83.5 cm³/mol. The first-order valence-electron chi connectivity index (χ1n) is 6.50. The summed E-state index contributed by atoms with van der Waals surface area (Å²) in [7, 11) is 0. The van der Waals surface area contributed by atoms with E-state index in [1.807, 2.05) is 6.26 Å². The summed E-state index contributed by atoms with van der Waals surface area (Å²) in [6, 6.07) is 6.01. The van der Waals surface area contributed by atoms with E-state index in [9.17, 15) is 20.0 Å². The van der Waals surface area contributed by atoms with Gasteiger partial charge in [-0.2, -0.15) is 11.8 Å². The van der Waals surface area contributed by atoms with Crippen molar-refractivity contribution < 1.29 is 14.8 Å². The van der Waals surface area contributed by atoms with Crippen LogP contribution in [-0.4, -0.2) is 40.1 Å². The van der Waals surface area contributed by atoms with Crippen molar-refractivity contribution in [3.05, 3.63) is 39.9 Å². The fourth-order valence-corrected chi connectivity index (χ4v) is 2.58. The van der Waals surface area contributed by atoms with Crippen LogP contribution < -0.4 is 5.32 Å². The van der Waals surface area contributed by atoms with Gasteiger partial charge in [0.2, 0.25) is 5.91 Å². The zero-order chi connectivity index (χ0) is 16.0. The molecule has 116 valence electrons. The average molecular weight is 312 g/mol. The number of amides is 1. The third kappa shape index (κ3) is 5.35. The molecule has 0 spiro atoms. The minimum atomic E-state index is -0.975. The molecule has 0 aliphatic carbocycles. The summed E-state index contributed by atoms with van der Waals surface area (Å²) in [4.78, 5) is 22.3. The number of hydrogen-bond acceptors (Lipinski definition) is 5. The van der Waals surface area contributed by atoms with Crippen LogP contribution in [0.4, 0.5) is 5.69 Å². The van der Waals surface area contributed by atoms with Crippen LogP contribution in [0.3, 0.4) is 0 Å². The molecule has 0 heterocycles. The lowest BCUT2D eigenvalue weighted by Gasteiger charge is -2.23. The average Bonchev–Trinajstić information content (AvgIpc) is 2.44. The fourth-order valence-electron chi connectivity index (χ4n) is 1.85. The Balaban J connectivity index is 2.70. The number of nitro groups is 1. The van der Waals surface area contributed by atoms with E-state index in [-0.39, 0.29) is 18.1 Å². The second kappa shape index (κ2) is 7.42. The van der Waals surface area contributed by atoms with Gasteiger partial charge in [0.15, 0.2) is 0 Å². The van der Waals surface area contributed by atoms with E-state index in [1.165, 1.54) is 23.9 Å². The molecule has 0 saturated carbocycles. The number of rotatable bonds is 7. The number of nitrogens with zero attached hydrogens (tertiary/aromatic N) is 1. The van der Waals surface area contributed by atoms with Crippen molar-refractivity contribution in [3.8, 4) is 0 Å². The van der Waals surface area contributed by atoms with Crippen LogP contribution in [0.25, 0.3) is 0 Å². The quantitative estimate of drug-likeness (QED) is 0.593. The normalized spacial score (nSPS) is 15.0. The Bertz CT molecular complexity index is 519. The maximum Gasteiger partial charge on any atom is 0.269 e. The van der Waals surface area contributed by atoms with Gasteiger partial charge in [0, 0.05) is 24.4 Å². The van der Waals surface area contributed by atoms with Crippen molar-refractivity contribution in [1.29, 1.82) is 0 Å². The molecule has 2 atom stereocenters. The van der Waals surface area contributed by atoms with Gasteiger partial charge in [-0.15, -0.1) is 0 Å². The number of thioether (sulfide) groups is 1. The van der Waals surface area contributed by atoms with E-state index in [0.29, 0.717) is 11.3 Å². The highest BCUT2D eigenvalue weighted by atomic mass is 32.2. The van der Waals surface area contributed by atoms with Gasteiger partial charge in [0.25, 0.3) is 5.69 Å². The maximum absolute atomic E-state index is 12.1. The molecule has 0 aliphatic rings. The summed E-state index contributed by atoms with van der Waals surface area (Å²) in [6.45, 7) is 3.48. The van der Waals surface area contributed by atoms with Crippen molar-refractivity contribution in [2.24, 2.45) is 0 Å². The molecule has 0 radical (unpaired) electrons.